The van der Waals surface area contributed by atoms with E-state index in [0.29, 0.717) is 22.2 Å². The predicted molar refractivity (Wildman–Crippen MR) is 146 cm³/mol. The topological polar surface area (TPSA) is 159 Å². The van der Waals surface area contributed by atoms with Gasteiger partial charge in [-0.1, -0.05) is 6.07 Å². The van der Waals surface area contributed by atoms with E-state index < -0.39 is 41.7 Å². The number of hydrogen-bond acceptors (Lipinski definition) is 10. The number of aromatic nitrogens is 4. The smallest absolute Gasteiger partial charge is 0.225 e. The first-order valence-electron chi connectivity index (χ1n) is 12.9. The van der Waals surface area contributed by atoms with Gasteiger partial charge in [0.1, 0.15) is 34.1 Å². The molecule has 0 radical (unpaired) electrons. The van der Waals surface area contributed by atoms with Crippen LogP contribution in [0.3, 0.4) is 0 Å². The second kappa shape index (κ2) is 10.3. The van der Waals surface area contributed by atoms with Crippen molar-refractivity contribution in [3.63, 3.8) is 0 Å². The maximum atomic E-state index is 14.2. The summed E-state index contributed by atoms with van der Waals surface area (Å²) in [6.07, 6.45) is 1.37. The van der Waals surface area contributed by atoms with Crippen LogP contribution in [-0.2, 0) is 11.3 Å². The van der Waals surface area contributed by atoms with Crippen LogP contribution >= 0.6 is 11.3 Å². The molecule has 1 amide bonds. The first-order valence-corrected chi connectivity index (χ1v) is 13.8. The van der Waals surface area contributed by atoms with E-state index in [1.54, 1.807) is 13.1 Å². The highest BCUT2D eigenvalue weighted by atomic mass is 32.1. The SMILES string of the molecule is Cc1nc(NCc2c(F)cccc2F)nc(N[C@@H]2C[C@H](C(N)=O)[C@@H](O)[C@H]2O)c1-c1nc2c(C3CC3)nccc2s1. The average Bonchev–Trinajstić information content (AvgIpc) is 3.60. The molecule has 2 fully saturated rings. The fourth-order valence-electron chi connectivity index (χ4n) is 5.15. The summed E-state index contributed by atoms with van der Waals surface area (Å²) in [6, 6.07) is 4.77. The van der Waals surface area contributed by atoms with Crippen LogP contribution in [0.1, 0.15) is 42.1 Å². The van der Waals surface area contributed by atoms with E-state index in [1.165, 1.54) is 29.5 Å². The van der Waals surface area contributed by atoms with Gasteiger partial charge in [0, 0.05) is 24.2 Å². The molecule has 3 heterocycles. The molecular formula is C27H27F2N7O3S. The van der Waals surface area contributed by atoms with Gasteiger partial charge in [0.25, 0.3) is 0 Å². The number of thiazole rings is 1. The van der Waals surface area contributed by atoms with Crippen molar-refractivity contribution in [1.29, 1.82) is 0 Å². The minimum absolute atomic E-state index is 0.0823. The number of halogens is 2. The lowest BCUT2D eigenvalue weighted by atomic mass is 10.1. The third-order valence-corrected chi connectivity index (χ3v) is 8.50. The van der Waals surface area contributed by atoms with Crippen molar-refractivity contribution >= 4 is 39.2 Å². The van der Waals surface area contributed by atoms with Crippen molar-refractivity contribution in [2.24, 2.45) is 11.7 Å². The van der Waals surface area contributed by atoms with Gasteiger partial charge in [-0.2, -0.15) is 4.98 Å². The number of carbonyl (C=O) groups excluding carboxylic acids is 1. The van der Waals surface area contributed by atoms with Crippen molar-refractivity contribution in [2.45, 2.75) is 56.9 Å². The molecule has 40 heavy (non-hydrogen) atoms. The summed E-state index contributed by atoms with van der Waals surface area (Å²) in [6.45, 7) is 1.55. The van der Waals surface area contributed by atoms with Gasteiger partial charge in [-0.05, 0) is 44.4 Å². The highest BCUT2D eigenvalue weighted by molar-refractivity contribution is 7.21. The summed E-state index contributed by atoms with van der Waals surface area (Å²) in [5.74, 6) is -2.29. The molecule has 2 aliphatic rings. The van der Waals surface area contributed by atoms with E-state index in [2.05, 4.69) is 25.6 Å². The lowest BCUT2D eigenvalue weighted by molar-refractivity contribution is -0.125. The Hall–Kier alpha value is -3.81. The molecule has 2 saturated carbocycles. The number of benzene rings is 1. The summed E-state index contributed by atoms with van der Waals surface area (Å²) in [4.78, 5) is 30.4. The number of anilines is 2. The molecule has 0 spiro atoms. The summed E-state index contributed by atoms with van der Waals surface area (Å²) < 4.78 is 29.4. The predicted octanol–water partition coefficient (Wildman–Crippen LogP) is 3.23. The normalized spacial score (nSPS) is 22.5. The van der Waals surface area contributed by atoms with Crippen LogP contribution in [0.5, 0.6) is 0 Å². The monoisotopic (exact) mass is 567 g/mol. The number of pyridine rings is 1. The summed E-state index contributed by atoms with van der Waals surface area (Å²) >= 11 is 1.45. The van der Waals surface area contributed by atoms with E-state index >= 15 is 0 Å². The third-order valence-electron chi connectivity index (χ3n) is 7.46. The first kappa shape index (κ1) is 26.4. The van der Waals surface area contributed by atoms with Crippen LogP contribution in [-0.4, -0.2) is 54.3 Å². The largest absolute Gasteiger partial charge is 0.390 e. The Labute approximate surface area is 231 Å². The molecule has 6 rings (SSSR count). The van der Waals surface area contributed by atoms with Crippen molar-refractivity contribution in [1.82, 2.24) is 19.9 Å². The minimum Gasteiger partial charge on any atom is -0.390 e. The van der Waals surface area contributed by atoms with E-state index in [-0.39, 0.29) is 30.3 Å². The van der Waals surface area contributed by atoms with Crippen molar-refractivity contribution in [2.75, 3.05) is 10.6 Å². The van der Waals surface area contributed by atoms with Crippen LogP contribution in [0.4, 0.5) is 20.5 Å². The summed E-state index contributed by atoms with van der Waals surface area (Å²) in [7, 11) is 0. The van der Waals surface area contributed by atoms with Crippen LogP contribution in [0.2, 0.25) is 0 Å². The lowest BCUT2D eigenvalue weighted by Crippen LogP contribution is -2.37. The number of aliphatic hydroxyl groups excluding tert-OH is 2. The van der Waals surface area contributed by atoms with Crippen LogP contribution < -0.4 is 16.4 Å². The standard InChI is InChI=1S/C27H27F2N7O3S/c1-11-19(26-35-21-18(40-26)7-8-31-20(21)12-5-6-12)25(34-17-9-13(24(30)39)22(37)23(17)38)36-27(33-11)32-10-14-15(28)3-2-4-16(14)29/h2-4,7-8,12-13,17,22-23,37-38H,5-6,9-10H2,1H3,(H2,30,39)(H2,32,33,34,36)/t13-,17+,22+,23-/m0/s1. The zero-order chi connectivity index (χ0) is 28.1. The van der Waals surface area contributed by atoms with Crippen LogP contribution in [0, 0.1) is 24.5 Å². The van der Waals surface area contributed by atoms with Crippen molar-refractivity contribution < 1.29 is 23.8 Å². The number of hydrogen-bond donors (Lipinski definition) is 5. The second-order valence-electron chi connectivity index (χ2n) is 10.2. The Bertz CT molecular complexity index is 1590. The molecule has 2 aliphatic carbocycles. The molecule has 0 unspecified atom stereocenters. The third kappa shape index (κ3) is 4.84. The molecule has 4 atom stereocenters. The number of carbonyl (C=O) groups is 1. The molecule has 0 saturated heterocycles. The van der Waals surface area contributed by atoms with Gasteiger partial charge in [0.15, 0.2) is 0 Å². The van der Waals surface area contributed by atoms with Gasteiger partial charge in [0.05, 0.1) is 39.7 Å². The van der Waals surface area contributed by atoms with Crippen molar-refractivity contribution in [3.05, 3.63) is 59.0 Å². The first-order chi connectivity index (χ1) is 19.2. The second-order valence-corrected chi connectivity index (χ2v) is 11.3. The Kier molecular flexibility index (Phi) is 6.80. The molecule has 13 heteroatoms. The summed E-state index contributed by atoms with van der Waals surface area (Å²) in [5.41, 5.74) is 8.13. The maximum absolute atomic E-state index is 14.2. The number of aliphatic hydroxyl groups is 2. The highest BCUT2D eigenvalue weighted by Crippen LogP contribution is 2.44. The number of fused-ring (bicyclic) bond motifs is 1. The number of primary amides is 1. The Morgan fingerprint density at radius 1 is 1.12 bits per heavy atom. The number of aryl methyl sites for hydroxylation is 1. The molecular weight excluding hydrogens is 540 g/mol. The van der Waals surface area contributed by atoms with E-state index in [4.69, 9.17) is 10.7 Å². The lowest BCUT2D eigenvalue weighted by Gasteiger charge is -2.21. The van der Waals surface area contributed by atoms with E-state index in [9.17, 15) is 23.8 Å². The molecule has 10 nitrogen and oxygen atoms in total. The van der Waals surface area contributed by atoms with Gasteiger partial charge in [-0.15, -0.1) is 11.3 Å². The van der Waals surface area contributed by atoms with Crippen LogP contribution in [0.25, 0.3) is 20.8 Å². The number of nitrogens with two attached hydrogens (primary N) is 1. The zero-order valence-electron chi connectivity index (χ0n) is 21.4. The van der Waals surface area contributed by atoms with Crippen molar-refractivity contribution in [3.8, 4) is 10.6 Å². The fraction of sp³-hybridized carbons (Fsp3) is 0.370. The van der Waals surface area contributed by atoms with E-state index in [0.717, 1.165) is 28.8 Å². The van der Waals surface area contributed by atoms with Gasteiger partial charge in [-0.25, -0.2) is 18.7 Å². The average molecular weight is 568 g/mol. The molecule has 1 aromatic carbocycles. The molecule has 3 aromatic heterocycles. The van der Waals surface area contributed by atoms with Gasteiger partial charge in [-0.3, -0.25) is 9.78 Å². The Balaban J connectivity index is 1.39. The molecule has 0 bridgehead atoms. The Morgan fingerprint density at radius 2 is 1.88 bits per heavy atom. The van der Waals surface area contributed by atoms with Gasteiger partial charge >= 0.3 is 0 Å². The quantitative estimate of drug-likeness (QED) is 0.215. The Morgan fingerprint density at radius 3 is 2.55 bits per heavy atom. The fourth-order valence-corrected chi connectivity index (χ4v) is 6.22. The number of amides is 1. The number of nitrogens with zero attached hydrogens (tertiary/aromatic N) is 4. The highest BCUT2D eigenvalue weighted by Gasteiger charge is 2.44. The zero-order valence-corrected chi connectivity index (χ0v) is 22.3. The summed E-state index contributed by atoms with van der Waals surface area (Å²) in [5, 5.41) is 27.7. The minimum atomic E-state index is -1.34. The molecule has 0 aliphatic heterocycles. The number of nitrogens with one attached hydrogen (secondary N) is 2. The maximum Gasteiger partial charge on any atom is 0.225 e. The van der Waals surface area contributed by atoms with Crippen LogP contribution in [0.15, 0.2) is 30.5 Å². The molecule has 208 valence electrons. The molecule has 6 N–H and O–H groups in total. The molecule has 4 aromatic rings. The number of rotatable bonds is 8. The van der Waals surface area contributed by atoms with Gasteiger partial charge in [0.2, 0.25) is 11.9 Å². The van der Waals surface area contributed by atoms with E-state index in [1.807, 2.05) is 6.07 Å². The van der Waals surface area contributed by atoms with Gasteiger partial charge < -0.3 is 26.6 Å².